The second-order valence-electron chi connectivity index (χ2n) is 7.19. The van der Waals surface area contributed by atoms with Crippen LogP contribution in [0, 0.1) is 13.8 Å². The largest absolute Gasteiger partial charge is 0.490 e. The predicted molar refractivity (Wildman–Crippen MR) is 139 cm³/mol. The lowest BCUT2D eigenvalue weighted by Crippen LogP contribution is -2.19. The summed E-state index contributed by atoms with van der Waals surface area (Å²) in [4.78, 5) is 20.7. The zero-order valence-electron chi connectivity index (χ0n) is 19.0. The quantitative estimate of drug-likeness (QED) is 0.147. The van der Waals surface area contributed by atoms with E-state index in [1.54, 1.807) is 12.1 Å². The van der Waals surface area contributed by atoms with Gasteiger partial charge in [-0.2, -0.15) is 5.10 Å². The van der Waals surface area contributed by atoms with Crippen LogP contribution in [0.15, 0.2) is 57.2 Å². The van der Waals surface area contributed by atoms with Gasteiger partial charge in [-0.3, -0.25) is 4.79 Å². The van der Waals surface area contributed by atoms with Gasteiger partial charge in [-0.1, -0.05) is 51.4 Å². The van der Waals surface area contributed by atoms with Crippen molar-refractivity contribution >= 4 is 51.4 Å². The summed E-state index contributed by atoms with van der Waals surface area (Å²) in [5.74, 6) is 0.836. The number of halogens is 2. The Bertz CT molecular complexity index is 1160. The molecule has 0 fully saturated rings. The van der Waals surface area contributed by atoms with Gasteiger partial charge in [0.25, 0.3) is 5.91 Å². The molecule has 1 amide bonds. The molecule has 10 heteroatoms. The number of amides is 1. The fourth-order valence-electron chi connectivity index (χ4n) is 2.90. The summed E-state index contributed by atoms with van der Waals surface area (Å²) in [5.41, 5.74) is 5.89. The fraction of sp³-hybridized carbons (Fsp3) is 0.250. The molecule has 1 aromatic heterocycles. The van der Waals surface area contributed by atoms with Gasteiger partial charge in [0.15, 0.2) is 16.7 Å². The van der Waals surface area contributed by atoms with Gasteiger partial charge in [0.1, 0.15) is 6.61 Å². The molecule has 0 aliphatic carbocycles. The molecule has 1 heterocycles. The van der Waals surface area contributed by atoms with E-state index in [1.165, 1.54) is 18.0 Å². The molecule has 3 rings (SSSR count). The number of thioether (sulfide) groups is 1. The van der Waals surface area contributed by atoms with Crippen LogP contribution in [0.3, 0.4) is 0 Å². The standard InChI is InChI=1S/C24H24BrClN4O3S/c1-4-32-21-11-18(10-20(26)23(21)33-13-17-5-7-19(25)8-6-17)12-27-30-22(31)14-34-24-28-15(2)9-16(3)29-24/h5-12H,4,13-14H2,1-3H3,(H,30,31)/b27-12-. The number of nitrogens with one attached hydrogen (secondary N) is 1. The lowest BCUT2D eigenvalue weighted by molar-refractivity contribution is -0.118. The first-order valence-electron chi connectivity index (χ1n) is 10.4. The van der Waals surface area contributed by atoms with E-state index in [-0.39, 0.29) is 11.7 Å². The molecule has 1 N–H and O–H groups in total. The first-order valence-corrected chi connectivity index (χ1v) is 12.6. The van der Waals surface area contributed by atoms with E-state index in [0.29, 0.717) is 40.5 Å². The van der Waals surface area contributed by atoms with Gasteiger partial charge < -0.3 is 9.47 Å². The average Bonchev–Trinajstić information content (AvgIpc) is 2.78. The van der Waals surface area contributed by atoms with E-state index in [2.05, 4.69) is 36.4 Å². The van der Waals surface area contributed by atoms with Crippen molar-refractivity contribution in [1.29, 1.82) is 0 Å². The number of hydrogen-bond acceptors (Lipinski definition) is 7. The molecule has 0 saturated carbocycles. The third-order valence-corrected chi connectivity index (χ3v) is 5.98. The molecule has 0 aliphatic heterocycles. The average molecular weight is 564 g/mol. The molecule has 0 saturated heterocycles. The summed E-state index contributed by atoms with van der Waals surface area (Å²) in [6, 6.07) is 13.2. The number of rotatable bonds is 10. The van der Waals surface area contributed by atoms with E-state index in [0.717, 1.165) is 21.4 Å². The highest BCUT2D eigenvalue weighted by Crippen LogP contribution is 2.37. The van der Waals surface area contributed by atoms with Crippen LogP contribution in [0.2, 0.25) is 5.02 Å². The molecular formula is C24H24BrClN4O3S. The number of benzene rings is 2. The maximum Gasteiger partial charge on any atom is 0.250 e. The highest BCUT2D eigenvalue weighted by atomic mass is 79.9. The van der Waals surface area contributed by atoms with Crippen LogP contribution in [0.1, 0.15) is 29.4 Å². The van der Waals surface area contributed by atoms with Crippen molar-refractivity contribution in [3.63, 3.8) is 0 Å². The summed E-state index contributed by atoms with van der Waals surface area (Å²) in [5, 5.41) is 4.97. The van der Waals surface area contributed by atoms with Crippen molar-refractivity contribution in [2.75, 3.05) is 12.4 Å². The smallest absolute Gasteiger partial charge is 0.250 e. The van der Waals surface area contributed by atoms with Crippen LogP contribution in [0.4, 0.5) is 0 Å². The van der Waals surface area contributed by atoms with Gasteiger partial charge in [0.05, 0.1) is 23.6 Å². The van der Waals surface area contributed by atoms with Crippen LogP contribution < -0.4 is 14.9 Å². The third-order valence-electron chi connectivity index (χ3n) is 4.33. The summed E-state index contributed by atoms with van der Waals surface area (Å²) in [6.07, 6.45) is 1.50. The van der Waals surface area contributed by atoms with Crippen molar-refractivity contribution in [3.8, 4) is 11.5 Å². The minimum atomic E-state index is -0.269. The number of aryl methyl sites for hydroxylation is 2. The second-order valence-corrected chi connectivity index (χ2v) is 9.46. The van der Waals surface area contributed by atoms with Gasteiger partial charge >= 0.3 is 0 Å². The van der Waals surface area contributed by atoms with E-state index in [9.17, 15) is 4.79 Å². The van der Waals surface area contributed by atoms with Crippen LogP contribution in [-0.4, -0.2) is 34.4 Å². The third kappa shape index (κ3) is 8.00. The molecule has 0 atom stereocenters. The van der Waals surface area contributed by atoms with Gasteiger partial charge in [-0.25, -0.2) is 15.4 Å². The Hall–Kier alpha value is -2.62. The highest BCUT2D eigenvalue weighted by molar-refractivity contribution is 9.10. The molecule has 0 radical (unpaired) electrons. The molecular weight excluding hydrogens is 540 g/mol. The van der Waals surface area contributed by atoms with E-state index < -0.39 is 0 Å². The predicted octanol–water partition coefficient (Wildman–Crippen LogP) is 5.73. The minimum Gasteiger partial charge on any atom is -0.490 e. The number of nitrogens with zero attached hydrogens (tertiary/aromatic N) is 3. The maximum atomic E-state index is 12.1. The number of ether oxygens (including phenoxy) is 2. The summed E-state index contributed by atoms with van der Waals surface area (Å²) >= 11 is 11.1. The normalized spacial score (nSPS) is 11.0. The zero-order valence-corrected chi connectivity index (χ0v) is 22.1. The second kappa shape index (κ2) is 12.7. The molecule has 3 aromatic rings. The zero-order chi connectivity index (χ0) is 24.5. The van der Waals surface area contributed by atoms with Crippen molar-refractivity contribution < 1.29 is 14.3 Å². The summed E-state index contributed by atoms with van der Waals surface area (Å²) < 4.78 is 12.6. The minimum absolute atomic E-state index is 0.147. The summed E-state index contributed by atoms with van der Waals surface area (Å²) in [7, 11) is 0. The maximum absolute atomic E-state index is 12.1. The monoisotopic (exact) mass is 562 g/mol. The van der Waals surface area contributed by atoms with Gasteiger partial charge in [0, 0.05) is 15.9 Å². The highest BCUT2D eigenvalue weighted by Gasteiger charge is 2.13. The Morgan fingerprint density at radius 2 is 1.85 bits per heavy atom. The molecule has 0 unspecified atom stereocenters. The van der Waals surface area contributed by atoms with Crippen LogP contribution in [0.25, 0.3) is 0 Å². The van der Waals surface area contributed by atoms with Crippen molar-refractivity contribution in [1.82, 2.24) is 15.4 Å². The first-order chi connectivity index (χ1) is 16.3. The number of carbonyl (C=O) groups is 1. The number of aromatic nitrogens is 2. The van der Waals surface area contributed by atoms with E-state index in [4.69, 9.17) is 21.1 Å². The summed E-state index contributed by atoms with van der Waals surface area (Å²) in [6.45, 7) is 6.45. The molecule has 0 aliphatic rings. The molecule has 34 heavy (non-hydrogen) atoms. The Morgan fingerprint density at radius 1 is 1.15 bits per heavy atom. The molecule has 7 nitrogen and oxygen atoms in total. The number of hydrogen-bond donors (Lipinski definition) is 1. The number of carbonyl (C=O) groups excluding carboxylic acids is 1. The van der Waals surface area contributed by atoms with Crippen LogP contribution >= 0.6 is 39.3 Å². The lowest BCUT2D eigenvalue weighted by Gasteiger charge is -2.14. The Balaban J connectivity index is 1.61. The van der Waals surface area contributed by atoms with Crippen molar-refractivity contribution in [2.24, 2.45) is 5.10 Å². The van der Waals surface area contributed by atoms with Crippen LogP contribution in [0.5, 0.6) is 11.5 Å². The van der Waals surface area contributed by atoms with Crippen LogP contribution in [-0.2, 0) is 11.4 Å². The fourth-order valence-corrected chi connectivity index (χ4v) is 4.18. The van der Waals surface area contributed by atoms with E-state index >= 15 is 0 Å². The SMILES string of the molecule is CCOc1cc(/C=N\NC(=O)CSc2nc(C)cc(C)n2)cc(Cl)c1OCc1ccc(Br)cc1. The van der Waals surface area contributed by atoms with Gasteiger partial charge in [-0.05, 0) is 62.2 Å². The topological polar surface area (TPSA) is 85.7 Å². The van der Waals surface area contributed by atoms with Crippen molar-refractivity contribution in [3.05, 3.63) is 74.5 Å². The number of hydrazone groups is 1. The molecule has 2 aromatic carbocycles. The lowest BCUT2D eigenvalue weighted by atomic mass is 10.2. The first kappa shape index (κ1) is 26.0. The van der Waals surface area contributed by atoms with Gasteiger partial charge in [0.2, 0.25) is 0 Å². The molecule has 0 spiro atoms. The van der Waals surface area contributed by atoms with Gasteiger partial charge in [-0.15, -0.1) is 0 Å². The Morgan fingerprint density at radius 3 is 2.53 bits per heavy atom. The molecule has 178 valence electrons. The Kier molecular flexibility index (Phi) is 9.74. The molecule has 0 bridgehead atoms. The van der Waals surface area contributed by atoms with E-state index in [1.807, 2.05) is 51.1 Å². The van der Waals surface area contributed by atoms with Crippen molar-refractivity contribution in [2.45, 2.75) is 32.5 Å². The Labute approximate surface area is 216 Å².